The molecule has 106 valence electrons. The number of benzene rings is 2. The van der Waals surface area contributed by atoms with Crippen LogP contribution in [0.3, 0.4) is 0 Å². The largest absolute Gasteiger partial charge is 0.309 e. The van der Waals surface area contributed by atoms with Gasteiger partial charge in [-0.2, -0.15) is 0 Å². The molecule has 0 aromatic heterocycles. The molecule has 0 aliphatic heterocycles. The Hall–Kier alpha value is -0.840. The van der Waals surface area contributed by atoms with Gasteiger partial charge in [0.2, 0.25) is 0 Å². The average molecular weight is 354 g/mol. The van der Waals surface area contributed by atoms with Crippen molar-refractivity contribution in [2.45, 2.75) is 17.9 Å². The van der Waals surface area contributed by atoms with Gasteiger partial charge in [0.15, 0.2) is 0 Å². The zero-order valence-electron chi connectivity index (χ0n) is 11.3. The van der Waals surface area contributed by atoms with Gasteiger partial charge in [-0.15, -0.1) is 11.8 Å². The maximum atomic E-state index is 13.3. The lowest BCUT2D eigenvalue weighted by molar-refractivity contribution is 0.588. The van der Waals surface area contributed by atoms with E-state index in [0.717, 1.165) is 22.3 Å². The summed E-state index contributed by atoms with van der Waals surface area (Å²) in [7, 11) is 0. The van der Waals surface area contributed by atoms with Gasteiger partial charge in [-0.1, -0.05) is 35.0 Å². The highest BCUT2D eigenvalue weighted by molar-refractivity contribution is 9.10. The second-order valence-corrected chi connectivity index (χ2v) is 6.44. The van der Waals surface area contributed by atoms with Crippen LogP contribution in [0.5, 0.6) is 0 Å². The number of hydrogen-bond acceptors (Lipinski definition) is 2. The van der Waals surface area contributed by atoms with Crippen LogP contribution in [0.1, 0.15) is 18.5 Å². The molecule has 2 aromatic carbocycles. The Morgan fingerprint density at radius 2 is 1.95 bits per heavy atom. The molecule has 0 aliphatic rings. The zero-order valence-corrected chi connectivity index (χ0v) is 13.7. The van der Waals surface area contributed by atoms with Crippen molar-refractivity contribution in [2.24, 2.45) is 0 Å². The van der Waals surface area contributed by atoms with Crippen LogP contribution in [0.4, 0.5) is 4.39 Å². The smallest absolute Gasteiger partial charge is 0.123 e. The van der Waals surface area contributed by atoms with Gasteiger partial charge in [0.1, 0.15) is 5.82 Å². The van der Waals surface area contributed by atoms with Crippen LogP contribution in [0.2, 0.25) is 0 Å². The lowest BCUT2D eigenvalue weighted by Crippen LogP contribution is -2.23. The Balaban J connectivity index is 2.04. The number of rotatable bonds is 6. The summed E-state index contributed by atoms with van der Waals surface area (Å²) in [6.45, 7) is 2.93. The van der Waals surface area contributed by atoms with Crippen molar-refractivity contribution in [1.29, 1.82) is 0 Å². The predicted octanol–water partition coefficient (Wildman–Crippen LogP) is 5.03. The van der Waals surface area contributed by atoms with Gasteiger partial charge in [0, 0.05) is 21.2 Å². The SMILES string of the molecule is CCNC(CSc1ccc(Br)cc1)c1cccc(F)c1. The van der Waals surface area contributed by atoms with E-state index in [9.17, 15) is 4.39 Å². The van der Waals surface area contributed by atoms with E-state index in [-0.39, 0.29) is 11.9 Å². The molecule has 0 bridgehead atoms. The number of thioether (sulfide) groups is 1. The molecule has 2 rings (SSSR count). The second kappa shape index (κ2) is 7.81. The molecule has 0 amide bonds. The third kappa shape index (κ3) is 4.62. The summed E-state index contributed by atoms with van der Waals surface area (Å²) in [5, 5.41) is 3.41. The van der Waals surface area contributed by atoms with Crippen molar-refractivity contribution in [3.8, 4) is 0 Å². The van der Waals surface area contributed by atoms with E-state index in [1.165, 1.54) is 11.0 Å². The van der Waals surface area contributed by atoms with Gasteiger partial charge < -0.3 is 5.32 Å². The Morgan fingerprint density at radius 3 is 2.60 bits per heavy atom. The van der Waals surface area contributed by atoms with Crippen LogP contribution >= 0.6 is 27.7 Å². The molecule has 1 N–H and O–H groups in total. The van der Waals surface area contributed by atoms with Crippen LogP contribution in [0, 0.1) is 5.82 Å². The Morgan fingerprint density at radius 1 is 1.20 bits per heavy atom. The lowest BCUT2D eigenvalue weighted by Gasteiger charge is -2.18. The summed E-state index contributed by atoms with van der Waals surface area (Å²) in [6, 6.07) is 15.2. The van der Waals surface area contributed by atoms with E-state index in [1.54, 1.807) is 23.9 Å². The molecule has 20 heavy (non-hydrogen) atoms. The molecule has 0 heterocycles. The molecule has 0 spiro atoms. The summed E-state index contributed by atoms with van der Waals surface area (Å²) in [5.74, 6) is 0.692. The molecule has 1 unspecified atom stereocenters. The summed E-state index contributed by atoms with van der Waals surface area (Å²) < 4.78 is 14.4. The highest BCUT2D eigenvalue weighted by Crippen LogP contribution is 2.26. The zero-order chi connectivity index (χ0) is 14.4. The molecule has 1 atom stereocenters. The summed E-state index contributed by atoms with van der Waals surface area (Å²) in [6.07, 6.45) is 0. The summed E-state index contributed by atoms with van der Waals surface area (Å²) in [4.78, 5) is 1.22. The summed E-state index contributed by atoms with van der Waals surface area (Å²) in [5.41, 5.74) is 0.997. The third-order valence-electron chi connectivity index (χ3n) is 2.93. The van der Waals surface area contributed by atoms with Crippen LogP contribution in [-0.4, -0.2) is 12.3 Å². The molecule has 4 heteroatoms. The first kappa shape index (κ1) is 15.5. The fourth-order valence-corrected chi connectivity index (χ4v) is 3.22. The van der Waals surface area contributed by atoms with Gasteiger partial charge in [0.05, 0.1) is 0 Å². The molecule has 2 aromatic rings. The number of halogens is 2. The fraction of sp³-hybridized carbons (Fsp3) is 0.250. The third-order valence-corrected chi connectivity index (χ3v) is 4.57. The van der Waals surface area contributed by atoms with E-state index in [2.05, 4.69) is 40.3 Å². The van der Waals surface area contributed by atoms with E-state index in [1.807, 2.05) is 18.2 Å². The quantitative estimate of drug-likeness (QED) is 0.730. The van der Waals surface area contributed by atoms with E-state index < -0.39 is 0 Å². The van der Waals surface area contributed by atoms with Crippen LogP contribution in [-0.2, 0) is 0 Å². The van der Waals surface area contributed by atoms with Crippen molar-refractivity contribution in [3.63, 3.8) is 0 Å². The van der Waals surface area contributed by atoms with E-state index >= 15 is 0 Å². The maximum absolute atomic E-state index is 13.3. The molecular weight excluding hydrogens is 337 g/mol. The highest BCUT2D eigenvalue weighted by atomic mass is 79.9. The van der Waals surface area contributed by atoms with E-state index in [0.29, 0.717) is 0 Å². The van der Waals surface area contributed by atoms with Crippen molar-refractivity contribution >= 4 is 27.7 Å². The maximum Gasteiger partial charge on any atom is 0.123 e. The molecule has 0 fully saturated rings. The van der Waals surface area contributed by atoms with Gasteiger partial charge in [-0.05, 0) is 48.5 Å². The lowest BCUT2D eigenvalue weighted by atomic mass is 10.1. The minimum Gasteiger partial charge on any atom is -0.309 e. The predicted molar refractivity (Wildman–Crippen MR) is 87.7 cm³/mol. The highest BCUT2D eigenvalue weighted by Gasteiger charge is 2.11. The van der Waals surface area contributed by atoms with Gasteiger partial charge in [0.25, 0.3) is 0 Å². The van der Waals surface area contributed by atoms with Crippen LogP contribution < -0.4 is 5.32 Å². The van der Waals surface area contributed by atoms with Crippen LogP contribution in [0.15, 0.2) is 57.9 Å². The first-order valence-electron chi connectivity index (χ1n) is 6.56. The molecule has 1 nitrogen and oxygen atoms in total. The van der Waals surface area contributed by atoms with Crippen molar-refractivity contribution in [3.05, 3.63) is 64.4 Å². The Bertz CT molecular complexity index is 544. The van der Waals surface area contributed by atoms with Gasteiger partial charge in [-0.25, -0.2) is 4.39 Å². The second-order valence-electron chi connectivity index (χ2n) is 4.43. The number of hydrogen-bond donors (Lipinski definition) is 1. The molecule has 0 radical (unpaired) electrons. The minimum absolute atomic E-state index is 0.157. The van der Waals surface area contributed by atoms with Crippen molar-refractivity contribution in [1.82, 2.24) is 5.32 Å². The Labute approximate surface area is 132 Å². The van der Waals surface area contributed by atoms with E-state index in [4.69, 9.17) is 0 Å². The topological polar surface area (TPSA) is 12.0 Å². The average Bonchev–Trinajstić information content (AvgIpc) is 2.45. The molecule has 0 aliphatic carbocycles. The normalized spacial score (nSPS) is 12.3. The van der Waals surface area contributed by atoms with Crippen molar-refractivity contribution in [2.75, 3.05) is 12.3 Å². The molecular formula is C16H17BrFNS. The summed E-state index contributed by atoms with van der Waals surface area (Å²) >= 11 is 5.20. The first-order chi connectivity index (χ1) is 9.69. The monoisotopic (exact) mass is 353 g/mol. The standard InChI is InChI=1S/C16H17BrFNS/c1-2-19-16(12-4-3-5-14(18)10-12)11-20-15-8-6-13(17)7-9-15/h3-10,16,19H,2,11H2,1H3. The van der Waals surface area contributed by atoms with Crippen LogP contribution in [0.25, 0.3) is 0 Å². The molecule has 0 saturated heterocycles. The minimum atomic E-state index is -0.181. The van der Waals surface area contributed by atoms with Gasteiger partial charge in [-0.3, -0.25) is 0 Å². The fourth-order valence-electron chi connectivity index (χ4n) is 1.95. The first-order valence-corrected chi connectivity index (χ1v) is 8.34. The van der Waals surface area contributed by atoms with Gasteiger partial charge >= 0.3 is 0 Å². The molecule has 0 saturated carbocycles. The van der Waals surface area contributed by atoms with Crippen molar-refractivity contribution < 1.29 is 4.39 Å². The Kier molecular flexibility index (Phi) is 6.07. The number of nitrogens with one attached hydrogen (secondary N) is 1.